The Hall–Kier alpha value is -4.05. The van der Waals surface area contributed by atoms with Gasteiger partial charge in [0, 0.05) is 39.3 Å². The van der Waals surface area contributed by atoms with Crippen molar-refractivity contribution in [2.45, 2.75) is 13.1 Å². The van der Waals surface area contributed by atoms with Crippen molar-refractivity contribution in [1.82, 2.24) is 9.80 Å². The van der Waals surface area contributed by atoms with Crippen LogP contribution in [0.25, 0.3) is 43.5 Å². The molecular formula is C44H44N6Zn2. The zero-order valence-corrected chi connectivity index (χ0v) is 36.0. The zero-order valence-electron chi connectivity index (χ0n) is 30.0. The molecule has 0 aromatic heterocycles. The quantitative estimate of drug-likeness (QED) is 0.153. The maximum absolute atomic E-state index is 4.72. The minimum absolute atomic E-state index is 0. The van der Waals surface area contributed by atoms with Crippen LogP contribution in [-0.4, -0.2) is 62.2 Å². The van der Waals surface area contributed by atoms with E-state index in [-0.39, 0.29) is 39.0 Å². The van der Waals surface area contributed by atoms with Gasteiger partial charge in [-0.3, -0.25) is 9.80 Å². The second-order valence-corrected chi connectivity index (χ2v) is 13.0. The molecular weight excluding hydrogens is 743 g/mol. The van der Waals surface area contributed by atoms with Crippen molar-refractivity contribution < 1.29 is 39.0 Å². The van der Waals surface area contributed by atoms with Gasteiger partial charge in [-0.25, -0.2) is 0 Å². The molecule has 0 bridgehead atoms. The van der Waals surface area contributed by atoms with Gasteiger partial charge in [0.2, 0.25) is 0 Å². The molecule has 0 spiro atoms. The van der Waals surface area contributed by atoms with E-state index in [0.717, 1.165) is 88.2 Å². The summed E-state index contributed by atoms with van der Waals surface area (Å²) < 4.78 is 0. The number of hydrogen-bond acceptors (Lipinski definition) is 2. The monoisotopic (exact) mass is 784 g/mol. The summed E-state index contributed by atoms with van der Waals surface area (Å²) in [6.45, 7) is 7.86. The van der Waals surface area contributed by atoms with Crippen LogP contribution in [0.3, 0.4) is 0 Å². The van der Waals surface area contributed by atoms with Gasteiger partial charge in [-0.1, -0.05) is 109 Å². The van der Waals surface area contributed by atoms with Crippen molar-refractivity contribution in [3.8, 4) is 22.3 Å². The van der Waals surface area contributed by atoms with Crippen LogP contribution in [0.2, 0.25) is 0 Å². The zero-order chi connectivity index (χ0) is 33.8. The van der Waals surface area contributed by atoms with Gasteiger partial charge < -0.3 is 21.3 Å². The van der Waals surface area contributed by atoms with E-state index in [0.29, 0.717) is 0 Å². The molecule has 254 valence electrons. The summed E-state index contributed by atoms with van der Waals surface area (Å²) in [4.78, 5) is 4.88. The summed E-state index contributed by atoms with van der Waals surface area (Å²) in [7, 11) is 0. The van der Waals surface area contributed by atoms with Gasteiger partial charge in [-0.15, -0.1) is 73.3 Å². The Labute approximate surface area is 335 Å². The molecule has 4 aliphatic rings. The minimum atomic E-state index is 0. The fraction of sp³-hybridized carbons (Fsp3) is 0.227. The molecule has 4 aliphatic heterocycles. The van der Waals surface area contributed by atoms with Gasteiger partial charge in [0.25, 0.3) is 0 Å². The molecule has 0 atom stereocenters. The van der Waals surface area contributed by atoms with Crippen LogP contribution < -0.4 is 0 Å². The Kier molecular flexibility index (Phi) is 15.3. The smallest absolute Gasteiger partial charge is 0.684 e. The molecule has 0 unspecified atom stereocenters. The van der Waals surface area contributed by atoms with Crippen LogP contribution in [0.15, 0.2) is 168 Å². The second-order valence-electron chi connectivity index (χ2n) is 13.0. The fourth-order valence-corrected chi connectivity index (χ4v) is 6.58. The molecule has 0 saturated heterocycles. The Balaban J connectivity index is 0.00000261. The normalized spacial score (nSPS) is 15.9. The topological polar surface area (TPSA) is 62.9 Å². The summed E-state index contributed by atoms with van der Waals surface area (Å²) >= 11 is 0. The first-order valence-corrected chi connectivity index (χ1v) is 17.6. The number of nitrogens with zero attached hydrogens (tertiary/aromatic N) is 6. The van der Waals surface area contributed by atoms with Crippen LogP contribution in [0.4, 0.5) is 0 Å². The maximum atomic E-state index is 4.72. The third-order valence-electron chi connectivity index (χ3n) is 9.06. The predicted octanol–water partition coefficient (Wildman–Crippen LogP) is 9.93. The van der Waals surface area contributed by atoms with Crippen LogP contribution in [0.1, 0.15) is 11.1 Å². The van der Waals surface area contributed by atoms with Crippen molar-refractivity contribution >= 4 is 0 Å². The van der Waals surface area contributed by atoms with E-state index in [1.807, 2.05) is 0 Å². The third-order valence-corrected chi connectivity index (χ3v) is 9.06. The number of hydrogen-bond donors (Lipinski definition) is 0. The van der Waals surface area contributed by atoms with Crippen LogP contribution >= 0.6 is 0 Å². The molecule has 0 aliphatic carbocycles. The van der Waals surface area contributed by atoms with E-state index in [4.69, 9.17) is 21.3 Å². The summed E-state index contributed by atoms with van der Waals surface area (Å²) in [6, 6.07) is 26.8. The van der Waals surface area contributed by atoms with Crippen LogP contribution in [-0.2, 0) is 52.0 Å². The Morgan fingerprint density at radius 1 is 0.385 bits per heavy atom. The summed E-state index contributed by atoms with van der Waals surface area (Å²) in [5, 5.41) is 18.9. The van der Waals surface area contributed by atoms with Crippen LogP contribution in [0.5, 0.6) is 0 Å². The first-order valence-electron chi connectivity index (χ1n) is 17.6. The second kappa shape index (κ2) is 20.3. The average molecular weight is 788 g/mol. The standard InChI is InChI=1S/C44H44N6.2Zn/c1-5-23-45-41(15-1)31-49(32-42-16-2-6-24-46-42)29-35-11-9-13-39(27-35)37-19-21-38(22-20-37)40-14-10-12-36(28-40)30-50(33-43-17-3-7-25-47-43)34-44-18-4-8-26-48-44;;/h1-22,27-28H,23-26,29-34H2;;/q-4;2*+2. The van der Waals surface area contributed by atoms with Crippen molar-refractivity contribution in [3.05, 3.63) is 201 Å². The molecule has 3 aromatic carbocycles. The van der Waals surface area contributed by atoms with Gasteiger partial charge in [0.15, 0.2) is 0 Å². The van der Waals surface area contributed by atoms with E-state index in [1.165, 1.54) is 33.4 Å². The molecule has 0 saturated carbocycles. The summed E-state index contributed by atoms with van der Waals surface area (Å²) in [6.07, 6.45) is 25.3. The molecule has 7 rings (SSSR count). The average Bonchev–Trinajstić information content (AvgIpc) is 3.17. The maximum Gasteiger partial charge on any atom is 2.00 e. The predicted molar refractivity (Wildman–Crippen MR) is 210 cm³/mol. The molecule has 4 heterocycles. The fourth-order valence-electron chi connectivity index (χ4n) is 6.58. The number of rotatable bonds is 14. The molecule has 0 amide bonds. The van der Waals surface area contributed by atoms with Gasteiger partial charge in [0.05, 0.1) is 0 Å². The summed E-state index contributed by atoms with van der Waals surface area (Å²) in [5.41, 5.74) is 11.9. The van der Waals surface area contributed by atoms with Crippen molar-refractivity contribution in [2.75, 3.05) is 52.4 Å². The molecule has 52 heavy (non-hydrogen) atoms. The van der Waals surface area contributed by atoms with Crippen molar-refractivity contribution in [2.24, 2.45) is 0 Å². The van der Waals surface area contributed by atoms with Crippen molar-refractivity contribution in [3.63, 3.8) is 0 Å². The number of allylic oxidation sites excluding steroid dienone is 8. The van der Waals surface area contributed by atoms with E-state index in [2.05, 4.69) is 156 Å². The summed E-state index contributed by atoms with van der Waals surface area (Å²) in [5.74, 6) is 0. The van der Waals surface area contributed by atoms with Gasteiger partial charge in [-0.05, 0) is 45.5 Å². The minimum Gasteiger partial charge on any atom is -0.684 e. The van der Waals surface area contributed by atoms with Crippen molar-refractivity contribution in [1.29, 1.82) is 0 Å². The first-order chi connectivity index (χ1) is 24.7. The third kappa shape index (κ3) is 11.5. The molecule has 6 nitrogen and oxygen atoms in total. The van der Waals surface area contributed by atoms with Gasteiger partial charge >= 0.3 is 39.0 Å². The Morgan fingerprint density at radius 3 is 1.00 bits per heavy atom. The van der Waals surface area contributed by atoms with Gasteiger partial charge in [0.1, 0.15) is 0 Å². The van der Waals surface area contributed by atoms with Crippen LogP contribution in [0, 0.1) is 0 Å². The number of benzene rings is 3. The largest absolute Gasteiger partial charge is 2.00 e. The molecule has 3 aromatic rings. The molecule has 0 fully saturated rings. The van der Waals surface area contributed by atoms with E-state index < -0.39 is 0 Å². The Morgan fingerprint density at radius 2 is 0.712 bits per heavy atom. The molecule has 8 heteroatoms. The van der Waals surface area contributed by atoms with Gasteiger partial charge in [-0.2, -0.15) is 0 Å². The molecule has 0 N–H and O–H groups in total. The first kappa shape index (κ1) is 39.2. The van der Waals surface area contributed by atoms with E-state index in [1.54, 1.807) is 0 Å². The van der Waals surface area contributed by atoms with E-state index >= 15 is 0 Å². The van der Waals surface area contributed by atoms with E-state index in [9.17, 15) is 0 Å². The molecule has 0 radical (unpaired) electrons. The Bertz CT molecular complexity index is 1680. The SMILES string of the molecule is C1=CC[N-]C(CN(CC2=CC=CC[N-]2)Cc2cccc(-c3ccc(-c4cccc(CN(CC5=CC=CC[N-]5)CC5=CC=CC[N-]5)c4)cc3)c2)=C1.[Zn+2].[Zn+2].